The number of thiazole rings is 1. The molecule has 5 nitrogen and oxygen atoms in total. The van der Waals surface area contributed by atoms with E-state index < -0.39 is 0 Å². The van der Waals surface area contributed by atoms with Crippen molar-refractivity contribution in [1.29, 1.82) is 0 Å². The molecule has 0 aliphatic heterocycles. The molecule has 1 aromatic heterocycles. The molecule has 0 bridgehead atoms. The summed E-state index contributed by atoms with van der Waals surface area (Å²) in [5, 5.41) is 2.95. The van der Waals surface area contributed by atoms with Crippen LogP contribution in [0.1, 0.15) is 48.0 Å². The van der Waals surface area contributed by atoms with Crippen LogP contribution in [0, 0.1) is 0 Å². The van der Waals surface area contributed by atoms with E-state index in [4.69, 9.17) is 4.74 Å². The van der Waals surface area contributed by atoms with Crippen LogP contribution in [0.4, 0.5) is 0 Å². The fraction of sp³-hybridized carbons (Fsp3) is 0.318. The lowest BCUT2D eigenvalue weighted by atomic mass is 10.1. The van der Waals surface area contributed by atoms with Gasteiger partial charge in [0.15, 0.2) is 0 Å². The quantitative estimate of drug-likeness (QED) is 0.398. The van der Waals surface area contributed by atoms with Gasteiger partial charge in [-0.15, -0.1) is 11.3 Å². The average molecular weight is 397 g/mol. The summed E-state index contributed by atoms with van der Waals surface area (Å²) in [6, 6.07) is 15.2. The maximum Gasteiger partial charge on any atom is 0.306 e. The van der Waals surface area contributed by atoms with E-state index in [0.29, 0.717) is 25.1 Å². The fourth-order valence-electron chi connectivity index (χ4n) is 2.86. The van der Waals surface area contributed by atoms with Crippen molar-refractivity contribution in [2.24, 2.45) is 0 Å². The third-order valence-electron chi connectivity index (χ3n) is 4.43. The monoisotopic (exact) mass is 396 g/mol. The minimum Gasteiger partial charge on any atom is -0.461 e. The number of amides is 1. The van der Waals surface area contributed by atoms with Crippen molar-refractivity contribution in [3.05, 3.63) is 65.2 Å². The van der Waals surface area contributed by atoms with E-state index in [0.717, 1.165) is 41.5 Å². The number of nitrogens with one attached hydrogen (secondary N) is 1. The summed E-state index contributed by atoms with van der Waals surface area (Å²) in [7, 11) is 0. The summed E-state index contributed by atoms with van der Waals surface area (Å²) in [4.78, 5) is 28.1. The predicted octanol–water partition coefficient (Wildman–Crippen LogP) is 4.72. The maximum atomic E-state index is 12.2. The summed E-state index contributed by atoms with van der Waals surface area (Å²) in [6.45, 7) is 0.969. The molecule has 2 aromatic carbocycles. The molecule has 1 N–H and O–H groups in total. The van der Waals surface area contributed by atoms with Crippen LogP contribution in [0.3, 0.4) is 0 Å². The Labute approximate surface area is 168 Å². The van der Waals surface area contributed by atoms with Crippen LogP contribution in [-0.2, 0) is 16.1 Å². The smallest absolute Gasteiger partial charge is 0.306 e. The second-order valence-corrected chi connectivity index (χ2v) is 7.49. The number of ether oxygens (including phenoxy) is 1. The van der Waals surface area contributed by atoms with Gasteiger partial charge in [0.05, 0.1) is 15.7 Å². The van der Waals surface area contributed by atoms with Gasteiger partial charge in [0.1, 0.15) is 6.61 Å². The van der Waals surface area contributed by atoms with Gasteiger partial charge in [0.25, 0.3) is 5.91 Å². The molecule has 1 amide bonds. The third kappa shape index (κ3) is 6.16. The highest BCUT2D eigenvalue weighted by Gasteiger charge is 2.07. The summed E-state index contributed by atoms with van der Waals surface area (Å²) in [5.74, 6) is -0.213. The van der Waals surface area contributed by atoms with Crippen molar-refractivity contribution in [3.63, 3.8) is 0 Å². The minimum atomic E-state index is -0.157. The van der Waals surface area contributed by atoms with Gasteiger partial charge in [-0.2, -0.15) is 0 Å². The number of rotatable bonds is 10. The number of carbonyl (C=O) groups excluding carboxylic acids is 2. The van der Waals surface area contributed by atoms with Crippen LogP contribution in [0.15, 0.2) is 54.0 Å². The molecule has 1 heterocycles. The van der Waals surface area contributed by atoms with E-state index in [9.17, 15) is 9.59 Å². The molecule has 0 radical (unpaired) electrons. The van der Waals surface area contributed by atoms with Crippen molar-refractivity contribution in [2.45, 2.75) is 38.7 Å². The number of hydrogen-bond donors (Lipinski definition) is 1. The van der Waals surface area contributed by atoms with Gasteiger partial charge >= 0.3 is 5.97 Å². The highest BCUT2D eigenvalue weighted by atomic mass is 32.1. The first-order chi connectivity index (χ1) is 13.7. The van der Waals surface area contributed by atoms with Gasteiger partial charge in [-0.1, -0.05) is 43.2 Å². The molecule has 146 valence electrons. The van der Waals surface area contributed by atoms with Gasteiger partial charge in [0, 0.05) is 18.5 Å². The molecule has 0 aliphatic carbocycles. The highest BCUT2D eigenvalue weighted by Crippen LogP contribution is 2.19. The normalized spacial score (nSPS) is 10.7. The number of benzene rings is 2. The second kappa shape index (κ2) is 10.6. The Hall–Kier alpha value is -2.73. The minimum absolute atomic E-state index is 0.0558. The van der Waals surface area contributed by atoms with E-state index in [1.54, 1.807) is 11.6 Å². The largest absolute Gasteiger partial charge is 0.461 e. The molecule has 0 unspecified atom stereocenters. The predicted molar refractivity (Wildman–Crippen MR) is 111 cm³/mol. The van der Waals surface area contributed by atoms with E-state index in [2.05, 4.69) is 10.3 Å². The van der Waals surface area contributed by atoms with Crippen LogP contribution in [-0.4, -0.2) is 23.4 Å². The Morgan fingerprint density at radius 1 is 1.00 bits per heavy atom. The highest BCUT2D eigenvalue weighted by molar-refractivity contribution is 7.16. The van der Waals surface area contributed by atoms with E-state index in [-0.39, 0.29) is 11.9 Å². The Kier molecular flexibility index (Phi) is 7.55. The van der Waals surface area contributed by atoms with Gasteiger partial charge in [-0.25, -0.2) is 4.98 Å². The van der Waals surface area contributed by atoms with Gasteiger partial charge in [-0.05, 0) is 36.6 Å². The van der Waals surface area contributed by atoms with Crippen LogP contribution in [0.25, 0.3) is 10.2 Å². The van der Waals surface area contributed by atoms with Gasteiger partial charge in [-0.3, -0.25) is 9.59 Å². The Balaban J connectivity index is 1.24. The van der Waals surface area contributed by atoms with Crippen LogP contribution >= 0.6 is 11.3 Å². The standard InChI is InChI=1S/C22H24N2O3S/c25-21(27-15-17-8-4-3-5-9-17)10-6-1-2-7-13-23-22(26)18-11-12-19-20(14-18)28-16-24-19/h3-5,8-9,11-12,14,16H,1-2,6-7,10,13,15H2,(H,23,26). The molecule has 6 heteroatoms. The van der Waals surface area contributed by atoms with Crippen LogP contribution in [0.2, 0.25) is 0 Å². The Morgan fingerprint density at radius 2 is 1.82 bits per heavy atom. The fourth-order valence-corrected chi connectivity index (χ4v) is 3.57. The zero-order chi connectivity index (χ0) is 19.6. The van der Waals surface area contributed by atoms with Crippen LogP contribution < -0.4 is 5.32 Å². The van der Waals surface area contributed by atoms with Crippen molar-refractivity contribution in [1.82, 2.24) is 10.3 Å². The molecule has 0 spiro atoms. The first-order valence-corrected chi connectivity index (χ1v) is 10.4. The third-order valence-corrected chi connectivity index (χ3v) is 5.22. The number of esters is 1. The molecule has 28 heavy (non-hydrogen) atoms. The number of nitrogens with zero attached hydrogens (tertiary/aromatic N) is 1. The summed E-state index contributed by atoms with van der Waals surface area (Å²) >= 11 is 1.53. The number of carbonyl (C=O) groups is 2. The lowest BCUT2D eigenvalue weighted by Crippen LogP contribution is -2.24. The Morgan fingerprint density at radius 3 is 2.68 bits per heavy atom. The summed E-state index contributed by atoms with van der Waals surface area (Å²) in [6.07, 6.45) is 4.06. The molecule has 0 aliphatic rings. The van der Waals surface area contributed by atoms with Crippen molar-refractivity contribution in [2.75, 3.05) is 6.54 Å². The van der Waals surface area contributed by atoms with E-state index in [1.807, 2.05) is 42.5 Å². The first-order valence-electron chi connectivity index (χ1n) is 9.53. The van der Waals surface area contributed by atoms with E-state index >= 15 is 0 Å². The molecule has 3 rings (SSSR count). The second-order valence-electron chi connectivity index (χ2n) is 6.60. The Bertz CT molecular complexity index is 908. The SMILES string of the molecule is O=C(CCCCCCNC(=O)c1ccc2ncsc2c1)OCc1ccccc1. The van der Waals surface area contributed by atoms with Crippen molar-refractivity contribution >= 4 is 33.4 Å². The van der Waals surface area contributed by atoms with Crippen molar-refractivity contribution in [3.8, 4) is 0 Å². The van der Waals surface area contributed by atoms with Crippen LogP contribution in [0.5, 0.6) is 0 Å². The lowest BCUT2D eigenvalue weighted by molar-refractivity contribution is -0.145. The first kappa shape index (κ1) is 20.0. The molecule has 3 aromatic rings. The molecule has 0 fully saturated rings. The molecule has 0 atom stereocenters. The topological polar surface area (TPSA) is 68.3 Å². The summed E-state index contributed by atoms with van der Waals surface area (Å²) < 4.78 is 6.28. The summed E-state index contributed by atoms with van der Waals surface area (Å²) in [5.41, 5.74) is 4.37. The van der Waals surface area contributed by atoms with Gasteiger partial charge < -0.3 is 10.1 Å². The average Bonchev–Trinajstić information content (AvgIpc) is 3.20. The maximum absolute atomic E-state index is 12.2. The molecular formula is C22H24N2O3S. The number of aromatic nitrogens is 1. The zero-order valence-corrected chi connectivity index (χ0v) is 16.5. The number of unbranched alkanes of at least 4 members (excludes halogenated alkanes) is 3. The zero-order valence-electron chi connectivity index (χ0n) is 15.7. The lowest BCUT2D eigenvalue weighted by Gasteiger charge is -2.06. The van der Waals surface area contributed by atoms with E-state index in [1.165, 1.54) is 11.3 Å². The molecular weight excluding hydrogens is 372 g/mol. The molecule has 0 saturated carbocycles. The molecule has 0 saturated heterocycles. The number of hydrogen-bond acceptors (Lipinski definition) is 5. The van der Waals surface area contributed by atoms with Gasteiger partial charge in [0.2, 0.25) is 0 Å². The van der Waals surface area contributed by atoms with Crippen molar-refractivity contribution < 1.29 is 14.3 Å². The number of fused-ring (bicyclic) bond motifs is 1.